The number of carbonyl (C=O) groups is 1. The normalized spacial score (nSPS) is 11.2. The fourth-order valence-electron chi connectivity index (χ4n) is 1.62. The molecule has 0 aliphatic heterocycles. The quantitative estimate of drug-likeness (QED) is 0.871. The molecular formula is C13H8Cl2NO5S-. The fraction of sp³-hybridized carbons (Fsp3) is 0. The standard InChI is InChI=1S/C13H9Cl2NO5S/c14-10-4-2-8(6-11(10)15)22(20,21)16-7-1-3-9(13(18)19)12(17)5-7/h1-6,16-17H,(H,18,19)/p-1. The molecule has 22 heavy (non-hydrogen) atoms. The lowest BCUT2D eigenvalue weighted by Gasteiger charge is -2.14. The number of hydrogen-bond acceptors (Lipinski definition) is 4. The highest BCUT2D eigenvalue weighted by molar-refractivity contribution is 7.92. The minimum absolute atomic E-state index is 0.0546. The Hall–Kier alpha value is -1.96. The van der Waals surface area contributed by atoms with Crippen molar-refractivity contribution in [1.82, 2.24) is 0 Å². The molecule has 0 saturated heterocycles. The molecule has 0 radical (unpaired) electrons. The van der Waals surface area contributed by atoms with E-state index in [1.807, 2.05) is 0 Å². The summed E-state index contributed by atoms with van der Waals surface area (Å²) < 4.78 is 26.5. The van der Waals surface area contributed by atoms with Gasteiger partial charge in [0.25, 0.3) is 10.0 Å². The first-order valence-corrected chi connectivity index (χ1v) is 7.97. The first-order valence-electron chi connectivity index (χ1n) is 5.73. The van der Waals surface area contributed by atoms with E-state index in [0.29, 0.717) is 0 Å². The van der Waals surface area contributed by atoms with E-state index in [1.165, 1.54) is 18.2 Å². The third-order valence-electron chi connectivity index (χ3n) is 2.67. The van der Waals surface area contributed by atoms with Crippen LogP contribution in [0, 0.1) is 0 Å². The zero-order valence-electron chi connectivity index (χ0n) is 10.7. The summed E-state index contributed by atoms with van der Waals surface area (Å²) in [7, 11) is -3.98. The zero-order valence-corrected chi connectivity index (χ0v) is 13.0. The highest BCUT2D eigenvalue weighted by Gasteiger charge is 2.16. The van der Waals surface area contributed by atoms with Crippen LogP contribution in [0.2, 0.25) is 10.0 Å². The lowest BCUT2D eigenvalue weighted by molar-refractivity contribution is -0.268. The average molecular weight is 361 g/mol. The summed E-state index contributed by atoms with van der Waals surface area (Å²) in [5.74, 6) is -2.19. The molecule has 0 heterocycles. The second-order valence-electron chi connectivity index (χ2n) is 4.20. The second-order valence-corrected chi connectivity index (χ2v) is 6.69. The number of carboxylic acid groups (broad SMARTS) is 1. The van der Waals surface area contributed by atoms with Crippen molar-refractivity contribution in [3.05, 3.63) is 52.0 Å². The molecule has 0 unspecified atom stereocenters. The van der Waals surface area contributed by atoms with Gasteiger partial charge in [-0.1, -0.05) is 29.0 Å². The van der Waals surface area contributed by atoms with Crippen molar-refractivity contribution in [2.45, 2.75) is 4.90 Å². The molecule has 0 atom stereocenters. The van der Waals surface area contributed by atoms with E-state index in [0.717, 1.165) is 18.2 Å². The van der Waals surface area contributed by atoms with Crippen molar-refractivity contribution in [2.24, 2.45) is 0 Å². The van der Waals surface area contributed by atoms with Gasteiger partial charge in [0, 0.05) is 5.69 Å². The van der Waals surface area contributed by atoms with Crippen LogP contribution in [0.4, 0.5) is 5.69 Å². The predicted molar refractivity (Wildman–Crippen MR) is 80.1 cm³/mol. The molecule has 0 aromatic heterocycles. The van der Waals surface area contributed by atoms with Crippen molar-refractivity contribution in [3.8, 4) is 5.75 Å². The monoisotopic (exact) mass is 360 g/mol. The van der Waals surface area contributed by atoms with Crippen LogP contribution >= 0.6 is 23.2 Å². The highest BCUT2D eigenvalue weighted by atomic mass is 35.5. The van der Waals surface area contributed by atoms with Crippen molar-refractivity contribution in [1.29, 1.82) is 0 Å². The summed E-state index contributed by atoms with van der Waals surface area (Å²) in [5.41, 5.74) is -0.501. The average Bonchev–Trinajstić information content (AvgIpc) is 2.40. The Morgan fingerprint density at radius 2 is 1.77 bits per heavy atom. The molecule has 2 aromatic carbocycles. The maximum Gasteiger partial charge on any atom is 0.335 e. The maximum atomic E-state index is 12.2. The van der Waals surface area contributed by atoms with Crippen LogP contribution in [-0.2, 0) is 10.0 Å². The van der Waals surface area contributed by atoms with Gasteiger partial charge in [-0.3, -0.25) is 4.72 Å². The summed E-state index contributed by atoms with van der Waals surface area (Å²) in [6.07, 6.45) is 0. The smallest absolute Gasteiger partial charge is 0.335 e. The topological polar surface area (TPSA) is 107 Å². The summed E-state index contributed by atoms with van der Waals surface area (Å²) >= 11 is 11.5. The SMILES string of the molecule is O=C(O)c1ccc(NS(=O)(=O)c2ccc(Cl)c(Cl)c2)cc1[O-]. The molecule has 9 heteroatoms. The zero-order chi connectivity index (χ0) is 16.5. The van der Waals surface area contributed by atoms with Gasteiger partial charge in [-0.25, -0.2) is 13.2 Å². The maximum absolute atomic E-state index is 12.2. The predicted octanol–water partition coefficient (Wildman–Crippen LogP) is 2.57. The van der Waals surface area contributed by atoms with E-state index in [9.17, 15) is 18.3 Å². The first kappa shape index (κ1) is 16.4. The molecule has 0 fully saturated rings. The number of carboxylic acids is 1. The van der Waals surface area contributed by atoms with E-state index >= 15 is 0 Å². The van der Waals surface area contributed by atoms with E-state index in [-0.39, 0.29) is 20.6 Å². The Morgan fingerprint density at radius 3 is 2.32 bits per heavy atom. The largest absolute Gasteiger partial charge is 0.872 e. The second kappa shape index (κ2) is 6.04. The van der Waals surface area contributed by atoms with Gasteiger partial charge in [0.2, 0.25) is 0 Å². The van der Waals surface area contributed by atoms with E-state index < -0.39 is 27.3 Å². The van der Waals surface area contributed by atoms with Gasteiger partial charge in [0.15, 0.2) is 0 Å². The van der Waals surface area contributed by atoms with Gasteiger partial charge < -0.3 is 10.2 Å². The third kappa shape index (κ3) is 3.44. The Bertz CT molecular complexity index is 852. The molecule has 2 N–H and O–H groups in total. The van der Waals surface area contributed by atoms with Crippen LogP contribution in [0.5, 0.6) is 5.75 Å². The van der Waals surface area contributed by atoms with Crippen LogP contribution in [0.15, 0.2) is 41.3 Å². The minimum Gasteiger partial charge on any atom is -0.872 e. The molecule has 0 amide bonds. The van der Waals surface area contributed by atoms with Gasteiger partial charge in [0.1, 0.15) is 0 Å². The summed E-state index contributed by atoms with van der Waals surface area (Å²) in [5, 5.41) is 20.6. The Morgan fingerprint density at radius 1 is 1.09 bits per heavy atom. The molecule has 116 valence electrons. The molecule has 2 rings (SSSR count). The molecule has 0 aliphatic carbocycles. The van der Waals surface area contributed by atoms with Crippen LogP contribution in [0.3, 0.4) is 0 Å². The van der Waals surface area contributed by atoms with Gasteiger partial charge >= 0.3 is 5.97 Å². The summed E-state index contributed by atoms with van der Waals surface area (Å²) in [6.45, 7) is 0. The van der Waals surface area contributed by atoms with Crippen molar-refractivity contribution in [2.75, 3.05) is 4.72 Å². The lowest BCUT2D eigenvalue weighted by atomic mass is 10.2. The number of halogens is 2. The van der Waals surface area contributed by atoms with Crippen molar-refractivity contribution >= 4 is 44.9 Å². The highest BCUT2D eigenvalue weighted by Crippen LogP contribution is 2.27. The number of nitrogens with one attached hydrogen (secondary N) is 1. The number of rotatable bonds is 4. The summed E-state index contributed by atoms with van der Waals surface area (Å²) in [6, 6.07) is 6.83. The molecule has 0 aliphatic rings. The first-order chi connectivity index (χ1) is 10.2. The Kier molecular flexibility index (Phi) is 4.50. The number of hydrogen-bond donors (Lipinski definition) is 2. The van der Waals surface area contributed by atoms with E-state index in [4.69, 9.17) is 28.3 Å². The van der Waals surface area contributed by atoms with E-state index in [1.54, 1.807) is 0 Å². The van der Waals surface area contributed by atoms with Gasteiger partial charge in [0.05, 0.1) is 20.5 Å². The molecule has 2 aromatic rings. The molecule has 6 nitrogen and oxygen atoms in total. The fourth-order valence-corrected chi connectivity index (χ4v) is 3.06. The lowest BCUT2D eigenvalue weighted by Crippen LogP contribution is -2.14. The van der Waals surface area contributed by atoms with E-state index in [2.05, 4.69) is 4.72 Å². The van der Waals surface area contributed by atoms with Crippen LogP contribution in [-0.4, -0.2) is 19.5 Å². The molecule has 0 spiro atoms. The number of aromatic carboxylic acids is 1. The van der Waals surface area contributed by atoms with Gasteiger partial charge in [-0.15, -0.1) is 0 Å². The molecule has 0 bridgehead atoms. The summed E-state index contributed by atoms with van der Waals surface area (Å²) in [4.78, 5) is 10.6. The van der Waals surface area contributed by atoms with Crippen LogP contribution in [0.1, 0.15) is 10.4 Å². The van der Waals surface area contributed by atoms with Gasteiger partial charge in [-0.05, 0) is 36.4 Å². The number of anilines is 1. The Labute approximate surface area is 136 Å². The van der Waals surface area contributed by atoms with Crippen molar-refractivity contribution in [3.63, 3.8) is 0 Å². The van der Waals surface area contributed by atoms with Crippen LogP contribution in [0.25, 0.3) is 0 Å². The number of sulfonamides is 1. The third-order valence-corrected chi connectivity index (χ3v) is 4.78. The number of benzene rings is 2. The van der Waals surface area contributed by atoms with Crippen molar-refractivity contribution < 1.29 is 23.4 Å². The molecule has 0 saturated carbocycles. The van der Waals surface area contributed by atoms with Gasteiger partial charge in [-0.2, -0.15) is 0 Å². The molecular weight excluding hydrogens is 353 g/mol. The minimum atomic E-state index is -3.98. The van der Waals surface area contributed by atoms with Crippen LogP contribution < -0.4 is 9.83 Å². The Balaban J connectivity index is 2.34.